The molecule has 0 aliphatic heterocycles. The van der Waals surface area contributed by atoms with Crippen LogP contribution in [0.15, 0.2) is 18.5 Å². The average molecular weight is 274 g/mol. The number of nitrogens with zero attached hydrogens (tertiary/aromatic N) is 5. The van der Waals surface area contributed by atoms with E-state index in [0.717, 1.165) is 11.4 Å². The van der Waals surface area contributed by atoms with Crippen molar-refractivity contribution in [2.45, 2.75) is 57.7 Å². The van der Waals surface area contributed by atoms with Gasteiger partial charge in [0, 0.05) is 6.20 Å². The highest BCUT2D eigenvalue weighted by Crippen LogP contribution is 2.28. The van der Waals surface area contributed by atoms with Crippen molar-refractivity contribution in [2.75, 3.05) is 0 Å². The molecule has 2 aromatic heterocycles. The maximum Gasteiger partial charge on any atom is 0.102 e. The van der Waals surface area contributed by atoms with E-state index in [9.17, 15) is 0 Å². The number of rotatable bonds is 4. The van der Waals surface area contributed by atoms with Gasteiger partial charge in [0.2, 0.25) is 0 Å². The molecule has 1 aliphatic rings. The minimum Gasteiger partial charge on any atom is -0.320 e. The van der Waals surface area contributed by atoms with E-state index in [1.807, 2.05) is 20.0 Å². The molecule has 0 atom stereocenters. The molecule has 108 valence electrons. The van der Waals surface area contributed by atoms with Gasteiger partial charge in [0.05, 0.1) is 30.0 Å². The van der Waals surface area contributed by atoms with Gasteiger partial charge in [-0.15, -0.1) is 5.10 Å². The van der Waals surface area contributed by atoms with Crippen molar-refractivity contribution in [1.82, 2.24) is 24.8 Å². The zero-order valence-electron chi connectivity index (χ0n) is 12.2. The van der Waals surface area contributed by atoms with E-state index in [-0.39, 0.29) is 0 Å². The lowest BCUT2D eigenvalue weighted by Gasteiger charge is -2.13. The minimum absolute atomic E-state index is 0.457. The number of nitrogens with two attached hydrogens (primary N) is 1. The monoisotopic (exact) mass is 274 g/mol. The Balaban J connectivity index is 1.70. The van der Waals surface area contributed by atoms with E-state index in [2.05, 4.69) is 32.4 Å². The van der Waals surface area contributed by atoms with Crippen molar-refractivity contribution < 1.29 is 0 Å². The van der Waals surface area contributed by atoms with Gasteiger partial charge >= 0.3 is 0 Å². The molecule has 6 nitrogen and oxygen atoms in total. The summed E-state index contributed by atoms with van der Waals surface area (Å²) in [4.78, 5) is 0. The van der Waals surface area contributed by atoms with Gasteiger partial charge in [0.15, 0.2) is 0 Å². The van der Waals surface area contributed by atoms with Gasteiger partial charge in [-0.1, -0.05) is 18.1 Å². The summed E-state index contributed by atoms with van der Waals surface area (Å²) in [6.45, 7) is 4.50. The molecule has 20 heavy (non-hydrogen) atoms. The first-order valence-electron chi connectivity index (χ1n) is 7.26. The molecule has 6 heteroatoms. The van der Waals surface area contributed by atoms with Gasteiger partial charge in [-0.25, -0.2) is 4.68 Å². The van der Waals surface area contributed by atoms with Gasteiger partial charge in [0.25, 0.3) is 0 Å². The second-order valence-corrected chi connectivity index (χ2v) is 6.25. The van der Waals surface area contributed by atoms with Crippen LogP contribution in [0.1, 0.15) is 57.0 Å². The summed E-state index contributed by atoms with van der Waals surface area (Å²) in [5, 5.41) is 12.9. The molecule has 0 aromatic carbocycles. The zero-order valence-corrected chi connectivity index (χ0v) is 12.2. The Morgan fingerprint density at radius 1 is 1.35 bits per heavy atom. The maximum atomic E-state index is 6.01. The van der Waals surface area contributed by atoms with Crippen LogP contribution >= 0.6 is 0 Å². The van der Waals surface area contributed by atoms with E-state index in [1.54, 1.807) is 4.68 Å². The molecule has 1 saturated carbocycles. The van der Waals surface area contributed by atoms with Crippen LogP contribution in [0.4, 0.5) is 0 Å². The third kappa shape index (κ3) is 2.75. The third-order valence-electron chi connectivity index (χ3n) is 3.89. The average Bonchev–Trinajstić information content (AvgIpc) is 3.08. The summed E-state index contributed by atoms with van der Waals surface area (Å²) >= 11 is 0. The zero-order chi connectivity index (χ0) is 14.2. The molecule has 2 heterocycles. The molecule has 0 saturated heterocycles. The van der Waals surface area contributed by atoms with Crippen LogP contribution in [0.2, 0.25) is 0 Å². The fraction of sp³-hybridized carbons (Fsp3) is 0.643. The fourth-order valence-electron chi connectivity index (χ4n) is 2.67. The largest absolute Gasteiger partial charge is 0.320 e. The lowest BCUT2D eigenvalue weighted by atomic mass is 10.0. The Morgan fingerprint density at radius 2 is 2.10 bits per heavy atom. The molecule has 0 amide bonds. The highest BCUT2D eigenvalue weighted by molar-refractivity contribution is 5.07. The number of hydrogen-bond acceptors (Lipinski definition) is 4. The maximum absolute atomic E-state index is 6.01. The smallest absolute Gasteiger partial charge is 0.102 e. The predicted octanol–water partition coefficient (Wildman–Crippen LogP) is 1.83. The molecule has 0 radical (unpaired) electrons. The Bertz CT molecular complexity index is 570. The highest BCUT2D eigenvalue weighted by atomic mass is 15.4. The van der Waals surface area contributed by atoms with Gasteiger partial charge in [-0.2, -0.15) is 5.10 Å². The van der Waals surface area contributed by atoms with E-state index < -0.39 is 5.54 Å². The van der Waals surface area contributed by atoms with Crippen LogP contribution in [-0.2, 0) is 12.1 Å². The Hall–Kier alpha value is -1.69. The first-order chi connectivity index (χ1) is 9.52. The lowest BCUT2D eigenvalue weighted by Crippen LogP contribution is -2.29. The van der Waals surface area contributed by atoms with Crippen molar-refractivity contribution in [2.24, 2.45) is 5.73 Å². The van der Waals surface area contributed by atoms with Crippen molar-refractivity contribution in [3.05, 3.63) is 29.8 Å². The van der Waals surface area contributed by atoms with Crippen molar-refractivity contribution in [3.8, 4) is 0 Å². The van der Waals surface area contributed by atoms with E-state index in [1.165, 1.54) is 25.7 Å². The highest BCUT2D eigenvalue weighted by Gasteiger charge is 2.19. The van der Waals surface area contributed by atoms with Crippen LogP contribution in [0, 0.1) is 0 Å². The molecule has 0 unspecified atom stereocenters. The summed E-state index contributed by atoms with van der Waals surface area (Å²) in [5.74, 6) is 0. The SMILES string of the molecule is CC(C)(N)c1cn(Cc2ccn(C3CCCC3)n2)nn1. The molecular weight excluding hydrogens is 252 g/mol. The van der Waals surface area contributed by atoms with Gasteiger partial charge < -0.3 is 5.73 Å². The summed E-state index contributed by atoms with van der Waals surface area (Å²) in [6, 6.07) is 2.64. The van der Waals surface area contributed by atoms with E-state index in [0.29, 0.717) is 12.6 Å². The van der Waals surface area contributed by atoms with Gasteiger partial charge in [-0.3, -0.25) is 4.68 Å². The first kappa shape index (κ1) is 13.3. The molecule has 1 fully saturated rings. The molecular formula is C14H22N6. The van der Waals surface area contributed by atoms with E-state index >= 15 is 0 Å². The van der Waals surface area contributed by atoms with Crippen molar-refractivity contribution in [3.63, 3.8) is 0 Å². The molecule has 2 N–H and O–H groups in total. The van der Waals surface area contributed by atoms with E-state index in [4.69, 9.17) is 5.73 Å². The standard InChI is InChI=1S/C14H22N6/c1-14(2,15)13-10-19(18-16-13)9-11-7-8-20(17-11)12-5-3-4-6-12/h7-8,10,12H,3-6,9,15H2,1-2H3. The Labute approximate surface area is 119 Å². The Morgan fingerprint density at radius 3 is 2.75 bits per heavy atom. The number of hydrogen-bond donors (Lipinski definition) is 1. The minimum atomic E-state index is -0.457. The quantitative estimate of drug-likeness (QED) is 0.923. The van der Waals surface area contributed by atoms with Crippen LogP contribution < -0.4 is 5.73 Å². The van der Waals surface area contributed by atoms with Crippen LogP contribution in [0.5, 0.6) is 0 Å². The van der Waals surface area contributed by atoms with Crippen LogP contribution in [-0.4, -0.2) is 24.8 Å². The van der Waals surface area contributed by atoms with Crippen LogP contribution in [0.25, 0.3) is 0 Å². The molecule has 1 aliphatic carbocycles. The van der Waals surface area contributed by atoms with Gasteiger partial charge in [0.1, 0.15) is 5.69 Å². The normalized spacial score (nSPS) is 16.9. The number of aromatic nitrogens is 5. The second-order valence-electron chi connectivity index (χ2n) is 6.25. The summed E-state index contributed by atoms with van der Waals surface area (Å²) in [6.07, 6.45) is 9.10. The predicted molar refractivity (Wildman–Crippen MR) is 76.1 cm³/mol. The topological polar surface area (TPSA) is 74.5 Å². The van der Waals surface area contributed by atoms with Crippen molar-refractivity contribution >= 4 is 0 Å². The lowest BCUT2D eigenvalue weighted by molar-refractivity contribution is 0.460. The summed E-state index contributed by atoms with van der Waals surface area (Å²) in [5.41, 5.74) is 7.37. The summed E-state index contributed by atoms with van der Waals surface area (Å²) in [7, 11) is 0. The Kier molecular flexibility index (Phi) is 3.33. The molecule has 0 spiro atoms. The second kappa shape index (κ2) is 5.01. The van der Waals surface area contributed by atoms with Gasteiger partial charge in [-0.05, 0) is 32.8 Å². The molecule has 3 rings (SSSR count). The summed E-state index contributed by atoms with van der Waals surface area (Å²) < 4.78 is 3.90. The van der Waals surface area contributed by atoms with Crippen LogP contribution in [0.3, 0.4) is 0 Å². The fourth-order valence-corrected chi connectivity index (χ4v) is 2.67. The molecule has 2 aromatic rings. The van der Waals surface area contributed by atoms with Crippen molar-refractivity contribution in [1.29, 1.82) is 0 Å². The third-order valence-corrected chi connectivity index (χ3v) is 3.89. The first-order valence-corrected chi connectivity index (χ1v) is 7.26. The molecule has 0 bridgehead atoms.